The van der Waals surface area contributed by atoms with Gasteiger partial charge in [0.25, 0.3) is 5.56 Å². The number of aromatic nitrogens is 4. The van der Waals surface area contributed by atoms with Crippen LogP contribution < -0.4 is 11.2 Å². The van der Waals surface area contributed by atoms with Gasteiger partial charge in [-0.1, -0.05) is 30.3 Å². The van der Waals surface area contributed by atoms with Gasteiger partial charge in [0, 0.05) is 12.0 Å². The molecule has 0 radical (unpaired) electrons. The molecule has 0 atom stereocenters. The molecule has 6 nitrogen and oxygen atoms in total. The first kappa shape index (κ1) is 17.7. The molecule has 144 valence electrons. The van der Waals surface area contributed by atoms with E-state index in [2.05, 4.69) is 34.2 Å². The molecule has 5 rings (SSSR count). The third-order valence-corrected chi connectivity index (χ3v) is 6.38. The summed E-state index contributed by atoms with van der Waals surface area (Å²) in [6.07, 6.45) is 6.09. The van der Waals surface area contributed by atoms with Crippen LogP contribution in [0.3, 0.4) is 0 Å². The Morgan fingerprint density at radius 1 is 1.07 bits per heavy atom. The van der Waals surface area contributed by atoms with Gasteiger partial charge in [-0.2, -0.15) is 0 Å². The fraction of sp³-hybridized carbons (Fsp3) is 0.429. The standard InChI is InChI=1S/C21H22N4O2S/c26-19-16-18(25(15-10-11-15)21(27)24-19)22-17(14-8-9-14)23-20(16)28-12-4-7-13-5-2-1-3-6-13/h1-3,5-6,14-15H,4,7-12H2,(H,24,26,27). The topological polar surface area (TPSA) is 80.6 Å². The minimum absolute atomic E-state index is 0.157. The van der Waals surface area contributed by atoms with Crippen LogP contribution in [-0.2, 0) is 6.42 Å². The number of thioether (sulfide) groups is 1. The predicted molar refractivity (Wildman–Crippen MR) is 110 cm³/mol. The molecule has 2 heterocycles. The molecule has 2 aliphatic rings. The van der Waals surface area contributed by atoms with E-state index in [1.54, 1.807) is 16.3 Å². The molecule has 2 fully saturated rings. The molecule has 0 amide bonds. The number of hydrogen-bond acceptors (Lipinski definition) is 5. The average molecular weight is 395 g/mol. The van der Waals surface area contributed by atoms with Gasteiger partial charge in [-0.15, -0.1) is 11.8 Å². The summed E-state index contributed by atoms with van der Waals surface area (Å²) in [6, 6.07) is 10.6. The highest BCUT2D eigenvalue weighted by Gasteiger charge is 2.32. The minimum Gasteiger partial charge on any atom is -0.274 e. The Morgan fingerprint density at radius 2 is 1.86 bits per heavy atom. The minimum atomic E-state index is -0.371. The van der Waals surface area contributed by atoms with Crippen molar-refractivity contribution in [2.45, 2.75) is 55.5 Å². The molecular formula is C21H22N4O2S. The van der Waals surface area contributed by atoms with E-state index >= 15 is 0 Å². The Morgan fingerprint density at radius 3 is 2.57 bits per heavy atom. The zero-order valence-corrected chi connectivity index (χ0v) is 16.4. The van der Waals surface area contributed by atoms with E-state index in [4.69, 9.17) is 4.98 Å². The SMILES string of the molecule is O=c1[nH]c(=O)n(C2CC2)c2nc(C3CC3)nc(SCCCc3ccccc3)c12. The molecule has 2 aromatic heterocycles. The van der Waals surface area contributed by atoms with Crippen LogP contribution in [0.4, 0.5) is 0 Å². The highest BCUT2D eigenvalue weighted by molar-refractivity contribution is 7.99. The molecule has 1 aromatic carbocycles. The maximum absolute atomic E-state index is 12.6. The van der Waals surface area contributed by atoms with Crippen molar-refractivity contribution in [3.8, 4) is 0 Å². The van der Waals surface area contributed by atoms with Crippen LogP contribution in [0.2, 0.25) is 0 Å². The molecule has 0 saturated heterocycles. The van der Waals surface area contributed by atoms with Gasteiger partial charge in [0.15, 0.2) is 5.65 Å². The van der Waals surface area contributed by atoms with Gasteiger partial charge in [0.05, 0.1) is 0 Å². The van der Waals surface area contributed by atoms with E-state index < -0.39 is 0 Å². The van der Waals surface area contributed by atoms with Crippen LogP contribution in [0.25, 0.3) is 11.0 Å². The second kappa shape index (κ2) is 7.20. The zero-order chi connectivity index (χ0) is 19.1. The summed E-state index contributed by atoms with van der Waals surface area (Å²) in [5, 5.41) is 1.19. The number of aromatic amines is 1. The molecule has 0 unspecified atom stereocenters. The first-order chi connectivity index (χ1) is 13.7. The van der Waals surface area contributed by atoms with Gasteiger partial charge >= 0.3 is 5.69 Å². The fourth-order valence-corrected chi connectivity index (χ4v) is 4.49. The van der Waals surface area contributed by atoms with Crippen molar-refractivity contribution in [2.24, 2.45) is 0 Å². The number of nitrogens with zero attached hydrogens (tertiary/aromatic N) is 3. The number of nitrogens with one attached hydrogen (secondary N) is 1. The molecule has 0 bridgehead atoms. The average Bonchev–Trinajstić information content (AvgIpc) is 3.59. The van der Waals surface area contributed by atoms with E-state index in [0.717, 1.165) is 55.1 Å². The second-order valence-corrected chi connectivity index (χ2v) is 8.74. The van der Waals surface area contributed by atoms with Crippen molar-refractivity contribution >= 4 is 22.8 Å². The fourth-order valence-electron chi connectivity index (χ4n) is 3.52. The van der Waals surface area contributed by atoms with Gasteiger partial charge in [-0.05, 0) is 49.8 Å². The Hall–Kier alpha value is -2.41. The smallest absolute Gasteiger partial charge is 0.274 e. The van der Waals surface area contributed by atoms with E-state index in [1.807, 2.05) is 6.07 Å². The summed E-state index contributed by atoms with van der Waals surface area (Å²) in [5.41, 5.74) is 1.12. The van der Waals surface area contributed by atoms with Crippen LogP contribution in [0.15, 0.2) is 44.9 Å². The van der Waals surface area contributed by atoms with E-state index in [0.29, 0.717) is 17.0 Å². The Bertz CT molecular complexity index is 1130. The zero-order valence-electron chi connectivity index (χ0n) is 15.6. The molecule has 2 aliphatic carbocycles. The van der Waals surface area contributed by atoms with E-state index in [-0.39, 0.29) is 17.3 Å². The van der Waals surface area contributed by atoms with Crippen LogP contribution >= 0.6 is 11.8 Å². The van der Waals surface area contributed by atoms with Gasteiger partial charge < -0.3 is 0 Å². The normalized spacial score (nSPS) is 16.6. The van der Waals surface area contributed by atoms with Gasteiger partial charge in [0.2, 0.25) is 0 Å². The lowest BCUT2D eigenvalue weighted by molar-refractivity contribution is 0.691. The molecule has 7 heteroatoms. The second-order valence-electron chi connectivity index (χ2n) is 7.66. The number of hydrogen-bond donors (Lipinski definition) is 1. The van der Waals surface area contributed by atoms with Crippen LogP contribution in [-0.4, -0.2) is 25.3 Å². The Kier molecular flexibility index (Phi) is 4.55. The maximum atomic E-state index is 12.6. The molecular weight excluding hydrogens is 372 g/mol. The third-order valence-electron chi connectivity index (χ3n) is 5.31. The quantitative estimate of drug-likeness (QED) is 0.377. The highest BCUT2D eigenvalue weighted by Crippen LogP contribution is 2.40. The number of aryl methyl sites for hydroxylation is 1. The van der Waals surface area contributed by atoms with Gasteiger partial charge in [-0.25, -0.2) is 14.8 Å². The lowest BCUT2D eigenvalue weighted by atomic mass is 10.1. The first-order valence-electron chi connectivity index (χ1n) is 9.94. The molecule has 3 aromatic rings. The molecule has 0 spiro atoms. The Balaban J connectivity index is 1.47. The number of fused-ring (bicyclic) bond motifs is 1. The van der Waals surface area contributed by atoms with Crippen molar-refractivity contribution in [1.29, 1.82) is 0 Å². The summed E-state index contributed by atoms with van der Waals surface area (Å²) < 4.78 is 1.68. The third kappa shape index (κ3) is 3.51. The van der Waals surface area contributed by atoms with E-state index in [9.17, 15) is 9.59 Å². The summed E-state index contributed by atoms with van der Waals surface area (Å²) in [5.74, 6) is 2.03. The van der Waals surface area contributed by atoms with Crippen molar-refractivity contribution in [1.82, 2.24) is 19.5 Å². The van der Waals surface area contributed by atoms with E-state index in [1.165, 1.54) is 5.56 Å². The molecule has 0 aliphatic heterocycles. The van der Waals surface area contributed by atoms with Crippen molar-refractivity contribution in [3.63, 3.8) is 0 Å². The lowest BCUT2D eigenvalue weighted by Crippen LogP contribution is -2.31. The van der Waals surface area contributed by atoms with Crippen molar-refractivity contribution in [2.75, 3.05) is 5.75 Å². The summed E-state index contributed by atoms with van der Waals surface area (Å²) in [6.45, 7) is 0. The van der Waals surface area contributed by atoms with Crippen molar-refractivity contribution in [3.05, 3.63) is 62.6 Å². The van der Waals surface area contributed by atoms with Crippen molar-refractivity contribution < 1.29 is 0 Å². The largest absolute Gasteiger partial charge is 0.330 e. The van der Waals surface area contributed by atoms with Crippen LogP contribution in [0.1, 0.15) is 55.5 Å². The number of H-pyrrole nitrogens is 1. The van der Waals surface area contributed by atoms with Crippen LogP contribution in [0, 0.1) is 0 Å². The maximum Gasteiger partial charge on any atom is 0.330 e. The molecule has 2 saturated carbocycles. The molecule has 28 heavy (non-hydrogen) atoms. The first-order valence-corrected chi connectivity index (χ1v) is 10.9. The van der Waals surface area contributed by atoms with Gasteiger partial charge in [-0.3, -0.25) is 14.3 Å². The number of rotatable bonds is 7. The number of benzene rings is 1. The summed E-state index contributed by atoms with van der Waals surface area (Å²) in [7, 11) is 0. The summed E-state index contributed by atoms with van der Waals surface area (Å²) in [4.78, 5) is 36.9. The highest BCUT2D eigenvalue weighted by atomic mass is 32.2. The summed E-state index contributed by atoms with van der Waals surface area (Å²) >= 11 is 1.60. The van der Waals surface area contributed by atoms with Crippen LogP contribution in [0.5, 0.6) is 0 Å². The lowest BCUT2D eigenvalue weighted by Gasteiger charge is -2.12. The predicted octanol–water partition coefficient (Wildman–Crippen LogP) is 3.42. The molecule has 1 N–H and O–H groups in total. The van der Waals surface area contributed by atoms with Gasteiger partial charge in [0.1, 0.15) is 16.2 Å². The monoisotopic (exact) mass is 394 g/mol. The Labute approximate surface area is 166 Å².